The maximum Gasteiger partial charge on any atom is 0.232 e. The molecule has 1 amide bonds. The third-order valence-corrected chi connectivity index (χ3v) is 5.62. The Labute approximate surface area is 185 Å². The molecule has 1 fully saturated rings. The lowest BCUT2D eigenvalue weighted by Crippen LogP contribution is -2.48. The van der Waals surface area contributed by atoms with Crippen molar-refractivity contribution >= 4 is 23.5 Å². The van der Waals surface area contributed by atoms with Crippen molar-refractivity contribution in [1.82, 2.24) is 4.90 Å². The highest BCUT2D eigenvalue weighted by Gasteiger charge is 2.24. The average Bonchev–Trinajstić information content (AvgIpc) is 2.78. The summed E-state index contributed by atoms with van der Waals surface area (Å²) in [7, 11) is 0. The van der Waals surface area contributed by atoms with Gasteiger partial charge in [-0.15, -0.1) is 11.8 Å². The van der Waals surface area contributed by atoms with Crippen LogP contribution in [-0.4, -0.2) is 67.1 Å². The van der Waals surface area contributed by atoms with Crippen LogP contribution < -0.4 is 9.47 Å². The van der Waals surface area contributed by atoms with Gasteiger partial charge in [-0.1, -0.05) is 18.2 Å². The van der Waals surface area contributed by atoms with Crippen LogP contribution in [-0.2, 0) is 9.53 Å². The lowest BCUT2D eigenvalue weighted by Gasteiger charge is -2.32. The zero-order chi connectivity index (χ0) is 22.1. The van der Waals surface area contributed by atoms with Gasteiger partial charge in [0.1, 0.15) is 30.0 Å². The predicted molar refractivity (Wildman–Crippen MR) is 117 cm³/mol. The first-order valence-electron chi connectivity index (χ1n) is 10.1. The van der Waals surface area contributed by atoms with Crippen molar-refractivity contribution in [3.8, 4) is 11.5 Å². The van der Waals surface area contributed by atoms with Gasteiger partial charge in [-0.05, 0) is 31.2 Å². The fraction of sp³-hybridized carbons (Fsp3) is 0.391. The number of nitrogens with zero attached hydrogens (tertiary/aromatic N) is 1. The number of para-hydroxylation sites is 1. The zero-order valence-electron chi connectivity index (χ0n) is 17.4. The SMILES string of the molecule is CC(=O)c1ccc(OCC2CN(C(=O)CSCCOc3ccccc3)CCO2)cc1F. The molecule has 1 aliphatic heterocycles. The number of carbonyl (C=O) groups is 2. The van der Waals surface area contributed by atoms with Crippen LogP contribution in [0.4, 0.5) is 4.39 Å². The van der Waals surface area contributed by atoms with Gasteiger partial charge in [-0.3, -0.25) is 9.59 Å². The molecule has 2 aromatic carbocycles. The van der Waals surface area contributed by atoms with E-state index in [1.807, 2.05) is 30.3 Å². The molecule has 1 aliphatic rings. The van der Waals surface area contributed by atoms with Crippen LogP contribution in [0.15, 0.2) is 48.5 Å². The number of Topliss-reactive ketones (excluding diaryl/α,β-unsaturated/α-hetero) is 1. The van der Waals surface area contributed by atoms with Gasteiger partial charge < -0.3 is 19.1 Å². The van der Waals surface area contributed by atoms with Gasteiger partial charge >= 0.3 is 0 Å². The van der Waals surface area contributed by atoms with Gasteiger partial charge in [-0.2, -0.15) is 0 Å². The molecule has 0 radical (unpaired) electrons. The minimum atomic E-state index is -0.611. The van der Waals surface area contributed by atoms with E-state index in [-0.39, 0.29) is 30.0 Å². The maximum absolute atomic E-state index is 13.9. The molecule has 31 heavy (non-hydrogen) atoms. The van der Waals surface area contributed by atoms with Gasteiger partial charge in [0, 0.05) is 18.4 Å². The first-order valence-corrected chi connectivity index (χ1v) is 11.3. The first kappa shape index (κ1) is 23.1. The molecule has 0 saturated carbocycles. The molecule has 0 spiro atoms. The Kier molecular flexibility index (Phi) is 8.73. The summed E-state index contributed by atoms with van der Waals surface area (Å²) in [6.45, 7) is 3.45. The minimum absolute atomic E-state index is 0.0321. The van der Waals surface area contributed by atoms with Crippen LogP contribution in [0, 0.1) is 5.82 Å². The Bertz CT molecular complexity index is 880. The Morgan fingerprint density at radius 2 is 1.97 bits per heavy atom. The number of thioether (sulfide) groups is 1. The van der Waals surface area contributed by atoms with E-state index in [9.17, 15) is 14.0 Å². The van der Waals surface area contributed by atoms with Crippen LogP contribution >= 0.6 is 11.8 Å². The molecule has 0 aliphatic carbocycles. The Morgan fingerprint density at radius 1 is 1.16 bits per heavy atom. The second kappa shape index (κ2) is 11.7. The second-order valence-electron chi connectivity index (χ2n) is 7.06. The number of morpholine rings is 1. The van der Waals surface area contributed by atoms with E-state index in [0.717, 1.165) is 11.5 Å². The molecular formula is C23H26FNO5S. The van der Waals surface area contributed by atoms with E-state index in [4.69, 9.17) is 14.2 Å². The normalized spacial score (nSPS) is 16.1. The smallest absolute Gasteiger partial charge is 0.232 e. The fourth-order valence-corrected chi connectivity index (χ4v) is 3.80. The average molecular weight is 448 g/mol. The van der Waals surface area contributed by atoms with Crippen LogP contribution in [0.1, 0.15) is 17.3 Å². The number of hydrogen-bond donors (Lipinski definition) is 0. The van der Waals surface area contributed by atoms with Crippen molar-refractivity contribution in [2.75, 3.05) is 44.4 Å². The highest BCUT2D eigenvalue weighted by molar-refractivity contribution is 7.99. The van der Waals surface area contributed by atoms with Crippen molar-refractivity contribution in [1.29, 1.82) is 0 Å². The number of ether oxygens (including phenoxy) is 3. The molecule has 6 nitrogen and oxygen atoms in total. The van der Waals surface area contributed by atoms with Crippen molar-refractivity contribution in [2.24, 2.45) is 0 Å². The Hall–Kier alpha value is -2.58. The lowest BCUT2D eigenvalue weighted by atomic mass is 10.1. The Balaban J connectivity index is 1.37. The molecule has 1 heterocycles. The van der Waals surface area contributed by atoms with E-state index >= 15 is 0 Å². The molecule has 0 N–H and O–H groups in total. The second-order valence-corrected chi connectivity index (χ2v) is 8.16. The number of halogens is 1. The van der Waals surface area contributed by atoms with Crippen LogP contribution in [0.3, 0.4) is 0 Å². The number of benzene rings is 2. The van der Waals surface area contributed by atoms with Gasteiger partial charge in [0.15, 0.2) is 5.78 Å². The molecule has 8 heteroatoms. The highest BCUT2D eigenvalue weighted by atomic mass is 32.2. The van der Waals surface area contributed by atoms with Crippen LogP contribution in [0.2, 0.25) is 0 Å². The molecule has 1 unspecified atom stereocenters. The topological polar surface area (TPSA) is 65.1 Å². The van der Waals surface area contributed by atoms with Gasteiger partial charge in [0.05, 0.1) is 31.1 Å². The molecule has 166 valence electrons. The molecule has 0 aromatic heterocycles. The van der Waals surface area contributed by atoms with Crippen molar-refractivity contribution in [2.45, 2.75) is 13.0 Å². The maximum atomic E-state index is 13.9. The molecular weight excluding hydrogens is 421 g/mol. The summed E-state index contributed by atoms with van der Waals surface area (Å²) in [4.78, 5) is 25.6. The summed E-state index contributed by atoms with van der Waals surface area (Å²) in [5.74, 6) is 1.35. The predicted octanol–water partition coefficient (Wildman–Crippen LogP) is 3.45. The zero-order valence-corrected chi connectivity index (χ0v) is 18.2. The Morgan fingerprint density at radius 3 is 2.71 bits per heavy atom. The number of amides is 1. The first-order chi connectivity index (χ1) is 15.0. The van der Waals surface area contributed by atoms with E-state index in [0.29, 0.717) is 37.8 Å². The van der Waals surface area contributed by atoms with E-state index in [1.165, 1.54) is 30.8 Å². The lowest BCUT2D eigenvalue weighted by molar-refractivity contribution is -0.137. The molecule has 0 bridgehead atoms. The number of ketones is 1. The van der Waals surface area contributed by atoms with Crippen LogP contribution in [0.25, 0.3) is 0 Å². The van der Waals surface area contributed by atoms with Gasteiger partial charge in [-0.25, -0.2) is 4.39 Å². The number of carbonyl (C=O) groups excluding carboxylic acids is 2. The summed E-state index contributed by atoms with van der Waals surface area (Å²) < 4.78 is 30.8. The van der Waals surface area contributed by atoms with Crippen molar-refractivity contribution < 1.29 is 28.2 Å². The molecule has 1 atom stereocenters. The van der Waals surface area contributed by atoms with E-state index < -0.39 is 5.82 Å². The number of hydrogen-bond acceptors (Lipinski definition) is 6. The van der Waals surface area contributed by atoms with Crippen molar-refractivity contribution in [3.05, 3.63) is 59.9 Å². The third-order valence-electron chi connectivity index (χ3n) is 4.71. The summed E-state index contributed by atoms with van der Waals surface area (Å²) >= 11 is 1.53. The quantitative estimate of drug-likeness (QED) is 0.411. The molecule has 1 saturated heterocycles. The summed E-state index contributed by atoms with van der Waals surface area (Å²) in [6.07, 6.45) is -0.292. The monoisotopic (exact) mass is 447 g/mol. The minimum Gasteiger partial charge on any atom is -0.493 e. The highest BCUT2D eigenvalue weighted by Crippen LogP contribution is 2.18. The molecule has 3 rings (SSSR count). The van der Waals surface area contributed by atoms with E-state index in [2.05, 4.69) is 0 Å². The largest absolute Gasteiger partial charge is 0.493 e. The summed E-state index contributed by atoms with van der Waals surface area (Å²) in [5, 5.41) is 0. The van der Waals surface area contributed by atoms with Gasteiger partial charge in [0.2, 0.25) is 5.91 Å². The number of rotatable bonds is 10. The fourth-order valence-electron chi connectivity index (χ4n) is 3.09. The van der Waals surface area contributed by atoms with Crippen molar-refractivity contribution in [3.63, 3.8) is 0 Å². The van der Waals surface area contributed by atoms with Gasteiger partial charge in [0.25, 0.3) is 0 Å². The molecule has 2 aromatic rings. The summed E-state index contributed by atoms with van der Waals surface area (Å²) in [5.41, 5.74) is 0.0321. The summed E-state index contributed by atoms with van der Waals surface area (Å²) in [6, 6.07) is 13.7. The van der Waals surface area contributed by atoms with E-state index in [1.54, 1.807) is 11.0 Å². The third kappa shape index (κ3) is 7.25. The standard InChI is InChI=1S/C23H26FNO5S/c1-17(26)21-8-7-19(13-22(21)24)30-15-20-14-25(9-10-28-20)23(27)16-31-12-11-29-18-5-3-2-4-6-18/h2-8,13,20H,9-12,14-16H2,1H3. The van der Waals surface area contributed by atoms with Crippen LogP contribution in [0.5, 0.6) is 11.5 Å².